The Labute approximate surface area is 149 Å². The minimum atomic E-state index is -1.30. The lowest BCUT2D eigenvalue weighted by atomic mass is 10.2. The summed E-state index contributed by atoms with van der Waals surface area (Å²) in [6.45, 7) is 2.95. The van der Waals surface area contributed by atoms with Crippen LogP contribution in [0.2, 0.25) is 0 Å². The number of rotatable bonds is 4. The summed E-state index contributed by atoms with van der Waals surface area (Å²) in [7, 11) is 0. The number of nitrogens with one attached hydrogen (secondary N) is 2. The number of esters is 2. The highest BCUT2D eigenvalue weighted by Gasteiger charge is 2.38. The van der Waals surface area contributed by atoms with Crippen LogP contribution in [-0.4, -0.2) is 17.7 Å². The van der Waals surface area contributed by atoms with Gasteiger partial charge in [-0.2, -0.15) is 0 Å². The van der Waals surface area contributed by atoms with E-state index in [4.69, 9.17) is 9.47 Å². The molecule has 1 aliphatic heterocycles. The normalized spacial score (nSPS) is 15.7. The number of anilines is 3. The number of para-hydroxylation sites is 3. The van der Waals surface area contributed by atoms with Gasteiger partial charge in [0.25, 0.3) is 5.79 Å². The van der Waals surface area contributed by atoms with E-state index in [0.717, 1.165) is 0 Å². The van der Waals surface area contributed by atoms with Gasteiger partial charge in [-0.15, -0.1) is 0 Å². The van der Waals surface area contributed by atoms with Crippen LogP contribution in [-0.2, 0) is 19.1 Å². The van der Waals surface area contributed by atoms with Crippen molar-refractivity contribution in [2.75, 3.05) is 10.6 Å². The fraction of sp³-hybridized carbons (Fsp3) is 0.158. The Kier molecular flexibility index (Phi) is 4.62. The van der Waals surface area contributed by atoms with Crippen molar-refractivity contribution in [1.29, 1.82) is 0 Å². The van der Waals surface area contributed by atoms with Crippen molar-refractivity contribution >= 4 is 29.0 Å². The van der Waals surface area contributed by atoms with Crippen LogP contribution in [0, 0.1) is 5.82 Å². The van der Waals surface area contributed by atoms with Crippen LogP contribution >= 0.6 is 0 Å². The Balaban J connectivity index is 1.82. The molecule has 0 radical (unpaired) electrons. The highest BCUT2D eigenvalue weighted by molar-refractivity contribution is 6.15. The number of carbonyl (C=O) groups is 2. The van der Waals surface area contributed by atoms with Crippen molar-refractivity contribution in [2.45, 2.75) is 19.6 Å². The van der Waals surface area contributed by atoms with Gasteiger partial charge in [0.1, 0.15) is 5.82 Å². The molecule has 134 valence electrons. The van der Waals surface area contributed by atoms with Gasteiger partial charge in [0.15, 0.2) is 5.57 Å². The Hall–Kier alpha value is -3.35. The second-order valence-electron chi connectivity index (χ2n) is 6.03. The zero-order valence-corrected chi connectivity index (χ0v) is 14.2. The second kappa shape index (κ2) is 6.87. The third kappa shape index (κ3) is 3.83. The molecule has 26 heavy (non-hydrogen) atoms. The van der Waals surface area contributed by atoms with Gasteiger partial charge in [-0.25, -0.2) is 14.0 Å². The lowest BCUT2D eigenvalue weighted by Crippen LogP contribution is -2.42. The van der Waals surface area contributed by atoms with Gasteiger partial charge in [0.05, 0.1) is 17.1 Å². The van der Waals surface area contributed by atoms with Crippen molar-refractivity contribution in [3.63, 3.8) is 0 Å². The van der Waals surface area contributed by atoms with Crippen LogP contribution in [0.3, 0.4) is 0 Å². The molecule has 6 nitrogen and oxygen atoms in total. The number of benzene rings is 2. The van der Waals surface area contributed by atoms with Crippen LogP contribution in [0.15, 0.2) is 60.3 Å². The number of carbonyl (C=O) groups excluding carboxylic acids is 2. The Morgan fingerprint density at radius 3 is 2.04 bits per heavy atom. The van der Waals surface area contributed by atoms with Crippen molar-refractivity contribution < 1.29 is 23.5 Å². The standard InChI is InChI=1S/C19H17FN2O4/c1-19(2)25-17(23)12(18(24)26-19)11-21-15-9-5-6-10-16(15)22-14-8-4-3-7-13(14)20/h3-11,21-22H,1-2H3. The summed E-state index contributed by atoms with van der Waals surface area (Å²) in [6.07, 6.45) is 1.21. The lowest BCUT2D eigenvalue weighted by Gasteiger charge is -2.29. The fourth-order valence-corrected chi connectivity index (χ4v) is 2.35. The van der Waals surface area contributed by atoms with Crippen molar-refractivity contribution in [3.8, 4) is 0 Å². The maximum absolute atomic E-state index is 13.8. The van der Waals surface area contributed by atoms with E-state index in [0.29, 0.717) is 17.1 Å². The van der Waals surface area contributed by atoms with Crippen LogP contribution in [0.5, 0.6) is 0 Å². The first-order valence-corrected chi connectivity index (χ1v) is 7.90. The third-order valence-corrected chi connectivity index (χ3v) is 3.56. The summed E-state index contributed by atoms with van der Waals surface area (Å²) in [5.41, 5.74) is 1.14. The summed E-state index contributed by atoms with van der Waals surface area (Å²) in [6, 6.07) is 13.2. The Morgan fingerprint density at radius 2 is 1.42 bits per heavy atom. The smallest absolute Gasteiger partial charge is 0.350 e. The minimum Gasteiger partial charge on any atom is -0.419 e. The van der Waals surface area contributed by atoms with Gasteiger partial charge in [0.2, 0.25) is 0 Å². The summed E-state index contributed by atoms with van der Waals surface area (Å²) in [5, 5.41) is 5.83. The first kappa shape index (κ1) is 17.5. The zero-order valence-electron chi connectivity index (χ0n) is 14.2. The molecular weight excluding hydrogens is 339 g/mol. The molecular formula is C19H17FN2O4. The minimum absolute atomic E-state index is 0.259. The average Bonchev–Trinajstić information content (AvgIpc) is 2.56. The number of cyclic esters (lactones) is 2. The molecule has 3 rings (SSSR count). The molecule has 2 aromatic carbocycles. The van der Waals surface area contributed by atoms with Crippen molar-refractivity contribution in [2.24, 2.45) is 0 Å². The van der Waals surface area contributed by atoms with Gasteiger partial charge < -0.3 is 20.1 Å². The second-order valence-corrected chi connectivity index (χ2v) is 6.03. The van der Waals surface area contributed by atoms with E-state index in [1.54, 1.807) is 42.5 Å². The molecule has 0 atom stereocenters. The quantitative estimate of drug-likeness (QED) is 0.494. The van der Waals surface area contributed by atoms with Gasteiger partial charge in [0, 0.05) is 20.0 Å². The van der Waals surface area contributed by atoms with E-state index in [1.807, 2.05) is 0 Å². The predicted molar refractivity (Wildman–Crippen MR) is 94.1 cm³/mol. The molecule has 0 spiro atoms. The third-order valence-electron chi connectivity index (χ3n) is 3.56. The highest BCUT2D eigenvalue weighted by Crippen LogP contribution is 2.28. The topological polar surface area (TPSA) is 76.7 Å². The molecule has 0 bridgehead atoms. The lowest BCUT2D eigenvalue weighted by molar-refractivity contribution is -0.222. The van der Waals surface area contributed by atoms with Crippen LogP contribution < -0.4 is 10.6 Å². The molecule has 7 heteroatoms. The summed E-state index contributed by atoms with van der Waals surface area (Å²) in [5.74, 6) is -3.26. The summed E-state index contributed by atoms with van der Waals surface area (Å²) < 4.78 is 23.9. The van der Waals surface area contributed by atoms with Gasteiger partial charge >= 0.3 is 11.9 Å². The summed E-state index contributed by atoms with van der Waals surface area (Å²) in [4.78, 5) is 23.9. The number of ether oxygens (including phenoxy) is 2. The van der Waals surface area contributed by atoms with E-state index in [-0.39, 0.29) is 5.57 Å². The Morgan fingerprint density at radius 1 is 0.885 bits per heavy atom. The molecule has 1 aliphatic rings. The zero-order chi connectivity index (χ0) is 18.7. The molecule has 0 aromatic heterocycles. The van der Waals surface area contributed by atoms with Crippen LogP contribution in [0.1, 0.15) is 13.8 Å². The first-order valence-electron chi connectivity index (χ1n) is 7.90. The van der Waals surface area contributed by atoms with Gasteiger partial charge in [-0.05, 0) is 24.3 Å². The summed E-state index contributed by atoms with van der Waals surface area (Å²) >= 11 is 0. The maximum Gasteiger partial charge on any atom is 0.350 e. The van der Waals surface area contributed by atoms with E-state index in [2.05, 4.69) is 10.6 Å². The van der Waals surface area contributed by atoms with E-state index < -0.39 is 23.5 Å². The van der Waals surface area contributed by atoms with Crippen molar-refractivity contribution in [3.05, 3.63) is 66.1 Å². The molecule has 0 unspecified atom stereocenters. The highest BCUT2D eigenvalue weighted by atomic mass is 19.1. The molecule has 0 aliphatic carbocycles. The van der Waals surface area contributed by atoms with Crippen molar-refractivity contribution in [1.82, 2.24) is 0 Å². The molecule has 0 saturated carbocycles. The molecule has 2 N–H and O–H groups in total. The van der Waals surface area contributed by atoms with E-state index >= 15 is 0 Å². The first-order chi connectivity index (χ1) is 12.4. The largest absolute Gasteiger partial charge is 0.419 e. The number of hydrogen-bond donors (Lipinski definition) is 2. The van der Waals surface area contributed by atoms with E-state index in [1.165, 1.54) is 26.1 Å². The van der Waals surface area contributed by atoms with Gasteiger partial charge in [-0.3, -0.25) is 0 Å². The number of halogens is 1. The average molecular weight is 356 g/mol. The van der Waals surface area contributed by atoms with E-state index in [9.17, 15) is 14.0 Å². The van der Waals surface area contributed by atoms with Gasteiger partial charge in [-0.1, -0.05) is 24.3 Å². The maximum atomic E-state index is 13.8. The molecule has 1 fully saturated rings. The van der Waals surface area contributed by atoms with Crippen LogP contribution in [0.25, 0.3) is 0 Å². The Bertz CT molecular complexity index is 871. The SMILES string of the molecule is CC1(C)OC(=O)C(=CNc2ccccc2Nc2ccccc2F)C(=O)O1. The monoisotopic (exact) mass is 356 g/mol. The molecule has 0 amide bonds. The fourth-order valence-electron chi connectivity index (χ4n) is 2.35. The van der Waals surface area contributed by atoms with Crippen LogP contribution in [0.4, 0.5) is 21.5 Å². The molecule has 1 saturated heterocycles. The molecule has 1 heterocycles. The number of hydrogen-bond acceptors (Lipinski definition) is 6. The molecule has 2 aromatic rings. The predicted octanol–water partition coefficient (Wildman–Crippen LogP) is 3.70.